The number of methoxy groups -OCH3 is 1. The van der Waals surface area contributed by atoms with E-state index in [4.69, 9.17) is 5.73 Å². The Labute approximate surface area is 186 Å². The van der Waals surface area contributed by atoms with E-state index in [-0.39, 0.29) is 42.1 Å². The molecular formula is C20H21N7O6. The van der Waals surface area contributed by atoms with Crippen molar-refractivity contribution in [3.05, 3.63) is 52.1 Å². The Balaban J connectivity index is 1.61. The highest BCUT2D eigenvalue weighted by molar-refractivity contribution is 5.97. The van der Waals surface area contributed by atoms with Crippen LogP contribution in [0.3, 0.4) is 0 Å². The normalized spacial score (nSPS) is 11.5. The number of carboxylic acid groups (broad SMARTS) is 1. The number of amides is 1. The highest BCUT2D eigenvalue weighted by Gasteiger charge is 2.22. The third kappa shape index (κ3) is 6.00. The fourth-order valence-corrected chi connectivity index (χ4v) is 2.85. The summed E-state index contributed by atoms with van der Waals surface area (Å²) >= 11 is 0. The zero-order valence-electron chi connectivity index (χ0n) is 17.5. The summed E-state index contributed by atoms with van der Waals surface area (Å²) in [6, 6.07) is 5.06. The van der Waals surface area contributed by atoms with Gasteiger partial charge in [-0.05, 0) is 30.7 Å². The number of rotatable bonds is 9. The first kappa shape index (κ1) is 23.1. The minimum Gasteiger partial charge on any atom is -0.480 e. The fraction of sp³-hybridized carbons (Fsp3) is 0.250. The third-order valence-electron chi connectivity index (χ3n) is 4.58. The number of H-pyrrole nitrogens is 1. The topological polar surface area (TPSA) is 202 Å². The summed E-state index contributed by atoms with van der Waals surface area (Å²) in [4.78, 5) is 61.4. The number of ether oxygens (including phenoxy) is 1. The van der Waals surface area contributed by atoms with E-state index in [2.05, 4.69) is 35.3 Å². The molecule has 172 valence electrons. The molecule has 3 rings (SSSR count). The van der Waals surface area contributed by atoms with Gasteiger partial charge in [0.25, 0.3) is 11.5 Å². The highest BCUT2D eigenvalue weighted by atomic mass is 16.5. The average Bonchev–Trinajstić information content (AvgIpc) is 2.80. The van der Waals surface area contributed by atoms with Crippen LogP contribution in [0.4, 0.5) is 11.6 Å². The number of anilines is 2. The molecule has 0 saturated heterocycles. The molecular weight excluding hydrogens is 434 g/mol. The number of carbonyl (C=O) groups is 3. The van der Waals surface area contributed by atoms with Crippen LogP contribution in [0.1, 0.15) is 28.9 Å². The van der Waals surface area contributed by atoms with Gasteiger partial charge in [0.15, 0.2) is 11.2 Å². The van der Waals surface area contributed by atoms with E-state index in [9.17, 15) is 24.3 Å². The Morgan fingerprint density at radius 2 is 1.94 bits per heavy atom. The Morgan fingerprint density at radius 3 is 2.61 bits per heavy atom. The molecule has 0 aliphatic rings. The Hall–Kier alpha value is -4.55. The van der Waals surface area contributed by atoms with Gasteiger partial charge in [-0.3, -0.25) is 19.4 Å². The Bertz CT molecular complexity index is 1240. The smallest absolute Gasteiger partial charge is 0.326 e. The molecule has 0 radical (unpaired) electrons. The Kier molecular flexibility index (Phi) is 7.13. The maximum Gasteiger partial charge on any atom is 0.326 e. The van der Waals surface area contributed by atoms with Gasteiger partial charge in [0.05, 0.1) is 25.5 Å². The second-order valence-corrected chi connectivity index (χ2v) is 6.89. The molecule has 13 heteroatoms. The number of esters is 1. The lowest BCUT2D eigenvalue weighted by Gasteiger charge is -2.14. The SMILES string of the molecule is COC(=O)CC[C@H](NC(=O)c1ccc(NCc2cnc3nc(N)[nH]c(=O)c3n2)cc1)C(=O)O. The number of benzene rings is 1. The summed E-state index contributed by atoms with van der Waals surface area (Å²) in [5, 5.41) is 14.7. The summed E-state index contributed by atoms with van der Waals surface area (Å²) < 4.78 is 4.48. The van der Waals surface area contributed by atoms with Gasteiger partial charge in [0, 0.05) is 17.7 Å². The summed E-state index contributed by atoms with van der Waals surface area (Å²) in [6.45, 7) is 0.243. The van der Waals surface area contributed by atoms with E-state index in [0.29, 0.717) is 11.4 Å². The van der Waals surface area contributed by atoms with Crippen molar-refractivity contribution in [3.63, 3.8) is 0 Å². The number of hydrogen-bond acceptors (Lipinski definition) is 10. The number of nitrogens with zero attached hydrogens (tertiary/aromatic N) is 3. The molecule has 1 amide bonds. The van der Waals surface area contributed by atoms with Gasteiger partial charge < -0.3 is 26.2 Å². The van der Waals surface area contributed by atoms with Crippen molar-refractivity contribution < 1.29 is 24.2 Å². The van der Waals surface area contributed by atoms with E-state index in [1.807, 2.05) is 0 Å². The van der Waals surface area contributed by atoms with Crippen molar-refractivity contribution in [2.75, 3.05) is 18.2 Å². The number of fused-ring (bicyclic) bond motifs is 1. The number of carboxylic acids is 1. The largest absolute Gasteiger partial charge is 0.480 e. The first-order chi connectivity index (χ1) is 15.8. The molecule has 0 unspecified atom stereocenters. The van der Waals surface area contributed by atoms with Crippen molar-refractivity contribution in [1.82, 2.24) is 25.3 Å². The molecule has 6 N–H and O–H groups in total. The second kappa shape index (κ2) is 10.2. The van der Waals surface area contributed by atoms with Crippen LogP contribution >= 0.6 is 0 Å². The fourth-order valence-electron chi connectivity index (χ4n) is 2.85. The van der Waals surface area contributed by atoms with Crippen molar-refractivity contribution >= 4 is 40.6 Å². The predicted octanol–water partition coefficient (Wildman–Crippen LogP) is 0.0436. The number of hydrogen-bond donors (Lipinski definition) is 5. The minimum atomic E-state index is -1.25. The van der Waals surface area contributed by atoms with Crippen LogP contribution in [-0.2, 0) is 20.9 Å². The van der Waals surface area contributed by atoms with E-state index in [0.717, 1.165) is 0 Å². The van der Waals surface area contributed by atoms with E-state index >= 15 is 0 Å². The van der Waals surface area contributed by atoms with E-state index in [1.165, 1.54) is 25.4 Å². The van der Waals surface area contributed by atoms with Gasteiger partial charge in [-0.1, -0.05) is 0 Å². The molecule has 0 saturated carbocycles. The van der Waals surface area contributed by atoms with Crippen LogP contribution in [0.2, 0.25) is 0 Å². The third-order valence-corrected chi connectivity index (χ3v) is 4.58. The van der Waals surface area contributed by atoms with Crippen LogP contribution in [0.15, 0.2) is 35.3 Å². The molecule has 0 aliphatic carbocycles. The molecule has 13 nitrogen and oxygen atoms in total. The van der Waals surface area contributed by atoms with E-state index < -0.39 is 29.4 Å². The number of carbonyl (C=O) groups excluding carboxylic acids is 2. The molecule has 0 aliphatic heterocycles. The van der Waals surface area contributed by atoms with Crippen molar-refractivity contribution in [1.29, 1.82) is 0 Å². The lowest BCUT2D eigenvalue weighted by Crippen LogP contribution is -2.41. The van der Waals surface area contributed by atoms with Crippen molar-refractivity contribution in [3.8, 4) is 0 Å². The lowest BCUT2D eigenvalue weighted by atomic mass is 10.1. The molecule has 1 atom stereocenters. The summed E-state index contributed by atoms with van der Waals surface area (Å²) in [5.41, 5.74) is 6.57. The average molecular weight is 455 g/mol. The van der Waals surface area contributed by atoms with Gasteiger partial charge >= 0.3 is 11.9 Å². The molecule has 0 spiro atoms. The van der Waals surface area contributed by atoms with Crippen LogP contribution < -0.4 is 21.9 Å². The number of nitrogen functional groups attached to an aromatic ring is 1. The van der Waals surface area contributed by atoms with Gasteiger partial charge in [-0.2, -0.15) is 4.98 Å². The molecule has 0 bridgehead atoms. The predicted molar refractivity (Wildman–Crippen MR) is 116 cm³/mol. The lowest BCUT2D eigenvalue weighted by molar-refractivity contribution is -0.142. The summed E-state index contributed by atoms with van der Waals surface area (Å²) in [7, 11) is 1.20. The quantitative estimate of drug-likeness (QED) is 0.273. The van der Waals surface area contributed by atoms with Crippen molar-refractivity contribution in [2.24, 2.45) is 0 Å². The van der Waals surface area contributed by atoms with Crippen LogP contribution in [0.5, 0.6) is 0 Å². The zero-order chi connectivity index (χ0) is 24.0. The highest BCUT2D eigenvalue weighted by Crippen LogP contribution is 2.12. The molecule has 3 aromatic rings. The maximum atomic E-state index is 12.4. The molecule has 1 aromatic carbocycles. The summed E-state index contributed by atoms with van der Waals surface area (Å²) in [6.07, 6.45) is 1.23. The number of nitrogens with two attached hydrogens (primary N) is 1. The number of nitrogens with one attached hydrogen (secondary N) is 3. The van der Waals surface area contributed by atoms with Gasteiger partial charge in [0.1, 0.15) is 6.04 Å². The van der Waals surface area contributed by atoms with Gasteiger partial charge in [0.2, 0.25) is 5.95 Å². The minimum absolute atomic E-state index is 0.0464. The second-order valence-electron chi connectivity index (χ2n) is 6.89. The number of aliphatic carboxylic acids is 1. The van der Waals surface area contributed by atoms with Gasteiger partial charge in [-0.25, -0.2) is 14.8 Å². The molecule has 2 aromatic heterocycles. The van der Waals surface area contributed by atoms with Crippen LogP contribution in [0, 0.1) is 0 Å². The number of aromatic amines is 1. The van der Waals surface area contributed by atoms with Crippen LogP contribution in [-0.4, -0.2) is 56.0 Å². The molecule has 2 heterocycles. The first-order valence-electron chi connectivity index (χ1n) is 9.72. The zero-order valence-corrected chi connectivity index (χ0v) is 17.5. The molecule has 33 heavy (non-hydrogen) atoms. The van der Waals surface area contributed by atoms with E-state index in [1.54, 1.807) is 12.1 Å². The van der Waals surface area contributed by atoms with Gasteiger partial charge in [-0.15, -0.1) is 0 Å². The standard InChI is InChI=1S/C20H21N7O6/c1-33-14(28)7-6-13(19(31)32)25-17(29)10-2-4-11(5-3-10)22-8-12-9-23-16-15(24-12)18(30)27-20(21)26-16/h2-5,9,13,22H,6-8H2,1H3,(H,25,29)(H,31,32)(H3,21,23,26,27,30)/t13-/m0/s1. The first-order valence-corrected chi connectivity index (χ1v) is 9.72. The van der Waals surface area contributed by atoms with Crippen LogP contribution in [0.25, 0.3) is 11.2 Å². The molecule has 0 fully saturated rings. The summed E-state index contributed by atoms with van der Waals surface area (Å²) in [5.74, 6) is -2.45. The monoisotopic (exact) mass is 455 g/mol. The Morgan fingerprint density at radius 1 is 1.21 bits per heavy atom. The maximum absolute atomic E-state index is 12.4. The number of aromatic nitrogens is 4. The van der Waals surface area contributed by atoms with Crippen molar-refractivity contribution in [2.45, 2.75) is 25.4 Å².